The van der Waals surface area contributed by atoms with E-state index in [1.807, 2.05) is 67.8 Å². The van der Waals surface area contributed by atoms with Gasteiger partial charge in [-0.3, -0.25) is 4.79 Å². The van der Waals surface area contributed by atoms with Crippen molar-refractivity contribution in [1.29, 1.82) is 0 Å². The second kappa shape index (κ2) is 9.57. The normalized spacial score (nSPS) is 11.3. The van der Waals surface area contributed by atoms with Gasteiger partial charge in [0.2, 0.25) is 5.91 Å². The number of thiazole rings is 1. The minimum absolute atomic E-state index is 0.124. The molecular formula is C24H24N4O2S. The Hall–Kier alpha value is -3.45. The highest BCUT2D eigenvalue weighted by Gasteiger charge is 2.06. The zero-order valence-corrected chi connectivity index (χ0v) is 18.4. The highest BCUT2D eigenvalue weighted by atomic mass is 32.1. The summed E-state index contributed by atoms with van der Waals surface area (Å²) in [6.45, 7) is 5.62. The second-order valence-corrected chi connectivity index (χ2v) is 8.20. The van der Waals surface area contributed by atoms with Crippen LogP contribution in [0.3, 0.4) is 0 Å². The highest BCUT2D eigenvalue weighted by Crippen LogP contribution is 2.17. The van der Waals surface area contributed by atoms with E-state index in [1.54, 1.807) is 23.5 Å². The van der Waals surface area contributed by atoms with E-state index in [2.05, 4.69) is 19.9 Å². The summed E-state index contributed by atoms with van der Waals surface area (Å²) in [6.07, 6.45) is 3.34. The number of aromatic nitrogens is 3. The maximum Gasteiger partial charge on any atom is 0.244 e. The SMILES string of the molecule is Cc1nc(COc2ccc(/C=C/C(=O)NCCn3c(C)nc4ccccc43)cc2)cs1. The molecule has 0 saturated heterocycles. The van der Waals surface area contributed by atoms with Crippen molar-refractivity contribution in [3.05, 3.63) is 82.1 Å². The number of para-hydroxylation sites is 2. The Morgan fingerprint density at radius 2 is 1.94 bits per heavy atom. The first-order valence-corrected chi connectivity index (χ1v) is 11.0. The number of hydrogen-bond donors (Lipinski definition) is 1. The maximum atomic E-state index is 12.2. The second-order valence-electron chi connectivity index (χ2n) is 7.14. The Morgan fingerprint density at radius 1 is 1.13 bits per heavy atom. The molecule has 0 aliphatic carbocycles. The van der Waals surface area contributed by atoms with E-state index in [1.165, 1.54) is 0 Å². The number of imidazole rings is 1. The molecule has 0 aliphatic rings. The molecule has 2 aromatic carbocycles. The number of carbonyl (C=O) groups excluding carboxylic acids is 1. The van der Waals surface area contributed by atoms with Gasteiger partial charge in [0, 0.05) is 24.5 Å². The van der Waals surface area contributed by atoms with Gasteiger partial charge in [-0.15, -0.1) is 11.3 Å². The molecule has 31 heavy (non-hydrogen) atoms. The van der Waals surface area contributed by atoms with Crippen LogP contribution in [-0.2, 0) is 17.9 Å². The highest BCUT2D eigenvalue weighted by molar-refractivity contribution is 7.09. The number of fused-ring (bicyclic) bond motifs is 1. The van der Waals surface area contributed by atoms with Gasteiger partial charge in [0.15, 0.2) is 0 Å². The van der Waals surface area contributed by atoms with Gasteiger partial charge >= 0.3 is 0 Å². The summed E-state index contributed by atoms with van der Waals surface area (Å²) >= 11 is 1.61. The monoisotopic (exact) mass is 432 g/mol. The lowest BCUT2D eigenvalue weighted by Gasteiger charge is -2.07. The smallest absolute Gasteiger partial charge is 0.244 e. The van der Waals surface area contributed by atoms with Crippen LogP contribution in [0, 0.1) is 13.8 Å². The number of hydrogen-bond acceptors (Lipinski definition) is 5. The predicted molar refractivity (Wildman–Crippen MR) is 124 cm³/mol. The summed E-state index contributed by atoms with van der Waals surface area (Å²) in [5, 5.41) is 5.96. The molecular weight excluding hydrogens is 408 g/mol. The molecule has 0 bridgehead atoms. The van der Waals surface area contributed by atoms with E-state index in [4.69, 9.17) is 4.74 Å². The first-order valence-electron chi connectivity index (χ1n) is 10.1. The van der Waals surface area contributed by atoms with Crippen molar-refractivity contribution < 1.29 is 9.53 Å². The molecule has 7 heteroatoms. The number of rotatable bonds is 8. The summed E-state index contributed by atoms with van der Waals surface area (Å²) in [6, 6.07) is 15.6. The predicted octanol–water partition coefficient (Wildman–Crippen LogP) is 4.52. The Morgan fingerprint density at radius 3 is 2.71 bits per heavy atom. The molecule has 0 atom stereocenters. The summed E-state index contributed by atoms with van der Waals surface area (Å²) in [5.41, 5.74) is 3.92. The lowest BCUT2D eigenvalue weighted by Crippen LogP contribution is -2.25. The summed E-state index contributed by atoms with van der Waals surface area (Å²) in [5.74, 6) is 1.59. The summed E-state index contributed by atoms with van der Waals surface area (Å²) < 4.78 is 7.86. The molecule has 0 saturated carbocycles. The van der Waals surface area contributed by atoms with Gasteiger partial charge < -0.3 is 14.6 Å². The first kappa shape index (κ1) is 20.8. The third kappa shape index (κ3) is 5.38. The molecule has 158 valence electrons. The van der Waals surface area contributed by atoms with Crippen LogP contribution in [0.2, 0.25) is 0 Å². The zero-order chi connectivity index (χ0) is 21.6. The third-order valence-corrected chi connectivity index (χ3v) is 5.66. The van der Waals surface area contributed by atoms with Gasteiger partial charge in [-0.2, -0.15) is 0 Å². The fourth-order valence-electron chi connectivity index (χ4n) is 3.31. The number of nitrogens with zero attached hydrogens (tertiary/aromatic N) is 3. The zero-order valence-electron chi connectivity index (χ0n) is 17.5. The van der Waals surface area contributed by atoms with Crippen molar-refractivity contribution in [3.63, 3.8) is 0 Å². The van der Waals surface area contributed by atoms with E-state index in [-0.39, 0.29) is 5.91 Å². The number of carbonyl (C=O) groups is 1. The van der Waals surface area contributed by atoms with Crippen LogP contribution >= 0.6 is 11.3 Å². The number of nitrogens with one attached hydrogen (secondary N) is 1. The van der Waals surface area contributed by atoms with Crippen LogP contribution in [0.4, 0.5) is 0 Å². The molecule has 0 spiro atoms. The van der Waals surface area contributed by atoms with Crippen molar-refractivity contribution in [2.75, 3.05) is 6.54 Å². The molecule has 0 unspecified atom stereocenters. The van der Waals surface area contributed by atoms with Gasteiger partial charge in [-0.05, 0) is 49.8 Å². The summed E-state index contributed by atoms with van der Waals surface area (Å²) in [7, 11) is 0. The average Bonchev–Trinajstić information content (AvgIpc) is 3.34. The van der Waals surface area contributed by atoms with Gasteiger partial charge in [0.1, 0.15) is 18.2 Å². The average molecular weight is 433 g/mol. The molecule has 6 nitrogen and oxygen atoms in total. The lowest BCUT2D eigenvalue weighted by molar-refractivity contribution is -0.116. The van der Waals surface area contributed by atoms with E-state index < -0.39 is 0 Å². The van der Waals surface area contributed by atoms with E-state index >= 15 is 0 Å². The van der Waals surface area contributed by atoms with Crippen LogP contribution in [0.5, 0.6) is 5.75 Å². The topological polar surface area (TPSA) is 69.0 Å². The van der Waals surface area contributed by atoms with E-state index in [0.29, 0.717) is 19.7 Å². The quantitative estimate of drug-likeness (QED) is 0.416. The van der Waals surface area contributed by atoms with Crippen molar-refractivity contribution in [1.82, 2.24) is 19.9 Å². The van der Waals surface area contributed by atoms with Crippen molar-refractivity contribution in [2.45, 2.75) is 27.0 Å². The largest absolute Gasteiger partial charge is 0.487 e. The Kier molecular flexibility index (Phi) is 6.43. The Bertz CT molecular complexity index is 1210. The molecule has 0 fully saturated rings. The number of benzene rings is 2. The first-order chi connectivity index (χ1) is 15.1. The maximum absolute atomic E-state index is 12.2. The standard InChI is InChI=1S/C24H24N4O2S/c1-17-26-22-5-3-4-6-23(22)28(17)14-13-25-24(29)12-9-19-7-10-21(11-8-19)30-15-20-16-31-18(2)27-20/h3-12,16H,13-15H2,1-2H3,(H,25,29)/b12-9+. The minimum atomic E-state index is -0.124. The molecule has 1 amide bonds. The number of ether oxygens (including phenoxy) is 1. The summed E-state index contributed by atoms with van der Waals surface area (Å²) in [4.78, 5) is 21.1. The van der Waals surface area contributed by atoms with Crippen molar-refractivity contribution in [2.24, 2.45) is 0 Å². The Labute approximate surface area is 185 Å². The fourth-order valence-corrected chi connectivity index (χ4v) is 3.90. The molecule has 0 radical (unpaired) electrons. The van der Waals surface area contributed by atoms with Crippen molar-refractivity contribution in [3.8, 4) is 5.75 Å². The van der Waals surface area contributed by atoms with Gasteiger partial charge in [-0.25, -0.2) is 9.97 Å². The molecule has 2 aromatic heterocycles. The van der Waals surface area contributed by atoms with Crippen LogP contribution < -0.4 is 10.1 Å². The van der Waals surface area contributed by atoms with E-state index in [9.17, 15) is 4.79 Å². The van der Waals surface area contributed by atoms with Gasteiger partial charge in [0.25, 0.3) is 0 Å². The van der Waals surface area contributed by atoms with Gasteiger partial charge in [-0.1, -0.05) is 24.3 Å². The van der Waals surface area contributed by atoms with Gasteiger partial charge in [0.05, 0.1) is 21.7 Å². The minimum Gasteiger partial charge on any atom is -0.487 e. The fraction of sp³-hybridized carbons (Fsp3) is 0.208. The van der Waals surface area contributed by atoms with Crippen LogP contribution in [0.25, 0.3) is 17.1 Å². The number of aryl methyl sites for hydroxylation is 2. The lowest BCUT2D eigenvalue weighted by atomic mass is 10.2. The molecule has 0 aliphatic heterocycles. The molecule has 4 aromatic rings. The number of amides is 1. The van der Waals surface area contributed by atoms with E-state index in [0.717, 1.165) is 38.9 Å². The van der Waals surface area contributed by atoms with Crippen molar-refractivity contribution >= 4 is 34.4 Å². The Balaban J connectivity index is 1.25. The molecule has 4 rings (SSSR count). The molecule has 1 N–H and O–H groups in total. The molecule has 2 heterocycles. The van der Waals surface area contributed by atoms with Crippen LogP contribution in [0.1, 0.15) is 22.1 Å². The van der Waals surface area contributed by atoms with Crippen LogP contribution in [0.15, 0.2) is 60.0 Å². The third-order valence-electron chi connectivity index (χ3n) is 4.84. The van der Waals surface area contributed by atoms with Crippen LogP contribution in [-0.4, -0.2) is 27.0 Å².